The van der Waals surface area contributed by atoms with Crippen molar-refractivity contribution in [3.63, 3.8) is 0 Å². The summed E-state index contributed by atoms with van der Waals surface area (Å²) in [5.41, 5.74) is 5.74. The Bertz CT molecular complexity index is 931. The van der Waals surface area contributed by atoms with Gasteiger partial charge in [0, 0.05) is 18.3 Å². The molecule has 0 fully saturated rings. The highest BCUT2D eigenvalue weighted by molar-refractivity contribution is 6.18. The Morgan fingerprint density at radius 2 is 1.44 bits per heavy atom. The molecular formula is C25H26N2. The van der Waals surface area contributed by atoms with Crippen LogP contribution in [0.5, 0.6) is 0 Å². The van der Waals surface area contributed by atoms with Gasteiger partial charge in [-0.25, -0.2) is 4.99 Å². The molecule has 27 heavy (non-hydrogen) atoms. The van der Waals surface area contributed by atoms with Gasteiger partial charge in [0.2, 0.25) is 0 Å². The highest BCUT2D eigenvalue weighted by Gasteiger charge is 2.48. The van der Waals surface area contributed by atoms with Crippen LogP contribution in [-0.2, 0) is 5.54 Å². The fraction of sp³-hybridized carbons (Fsp3) is 0.240. The lowest BCUT2D eigenvalue weighted by Crippen LogP contribution is -2.46. The van der Waals surface area contributed by atoms with Crippen molar-refractivity contribution in [1.29, 1.82) is 0 Å². The van der Waals surface area contributed by atoms with Crippen molar-refractivity contribution < 1.29 is 0 Å². The number of anilines is 1. The van der Waals surface area contributed by atoms with Crippen molar-refractivity contribution in [2.45, 2.75) is 31.7 Å². The number of para-hydroxylation sites is 2. The molecule has 1 atom stereocenters. The van der Waals surface area contributed by atoms with Gasteiger partial charge in [0.05, 0.1) is 11.4 Å². The second-order valence-electron chi connectivity index (χ2n) is 7.20. The second kappa shape index (κ2) is 7.40. The quantitative estimate of drug-likeness (QED) is 0.522. The molecule has 0 saturated heterocycles. The van der Waals surface area contributed by atoms with E-state index >= 15 is 0 Å². The number of aliphatic imine (C=N–C) groups is 1. The molecule has 2 nitrogen and oxygen atoms in total. The van der Waals surface area contributed by atoms with E-state index in [1.807, 2.05) is 6.07 Å². The summed E-state index contributed by atoms with van der Waals surface area (Å²) in [5.74, 6) is 0. The number of hydrogen-bond acceptors (Lipinski definition) is 2. The van der Waals surface area contributed by atoms with E-state index in [-0.39, 0.29) is 5.54 Å². The third-order valence-corrected chi connectivity index (χ3v) is 5.63. The maximum atomic E-state index is 5.21. The minimum Gasteiger partial charge on any atom is -0.359 e. The molecule has 0 radical (unpaired) electrons. The standard InChI is InChI=1S/C25H26N2/c1-3-4-19-25(20-13-7-5-8-14-20)24(26-21-15-9-6-10-16-21)22-17-11-12-18-23(22)27(25)2/h5-18H,3-4,19H2,1-2H3. The van der Waals surface area contributed by atoms with E-state index in [9.17, 15) is 0 Å². The first-order chi connectivity index (χ1) is 13.3. The smallest absolute Gasteiger partial charge is 0.108 e. The van der Waals surface area contributed by atoms with Gasteiger partial charge in [-0.05, 0) is 30.2 Å². The Kier molecular flexibility index (Phi) is 4.81. The molecule has 0 amide bonds. The number of hydrogen-bond donors (Lipinski definition) is 0. The molecule has 0 bridgehead atoms. The topological polar surface area (TPSA) is 15.6 Å². The van der Waals surface area contributed by atoms with Crippen LogP contribution in [-0.4, -0.2) is 12.8 Å². The Morgan fingerprint density at radius 3 is 2.15 bits per heavy atom. The van der Waals surface area contributed by atoms with Gasteiger partial charge in [-0.3, -0.25) is 0 Å². The maximum Gasteiger partial charge on any atom is 0.108 e. The largest absolute Gasteiger partial charge is 0.359 e. The van der Waals surface area contributed by atoms with Crippen LogP contribution in [0.3, 0.4) is 0 Å². The highest BCUT2D eigenvalue weighted by Crippen LogP contribution is 2.48. The monoisotopic (exact) mass is 354 g/mol. The highest BCUT2D eigenvalue weighted by atomic mass is 15.2. The molecular weight excluding hydrogens is 328 g/mol. The first-order valence-electron chi connectivity index (χ1n) is 9.80. The SMILES string of the molecule is CCCCC1(c2ccccc2)C(=Nc2ccccc2)c2ccccc2N1C. The lowest BCUT2D eigenvalue weighted by atomic mass is 9.80. The molecule has 0 N–H and O–H groups in total. The number of likely N-dealkylation sites (N-methyl/N-ethyl adjacent to an activating group) is 1. The van der Waals surface area contributed by atoms with E-state index in [2.05, 4.69) is 97.7 Å². The molecule has 1 aliphatic rings. The minimum absolute atomic E-state index is 0.239. The van der Waals surface area contributed by atoms with Crippen molar-refractivity contribution >= 4 is 17.1 Å². The van der Waals surface area contributed by atoms with E-state index in [4.69, 9.17) is 4.99 Å². The average molecular weight is 354 g/mol. The summed E-state index contributed by atoms with van der Waals surface area (Å²) in [5, 5.41) is 0. The summed E-state index contributed by atoms with van der Waals surface area (Å²) in [6.45, 7) is 2.26. The summed E-state index contributed by atoms with van der Waals surface area (Å²) >= 11 is 0. The lowest BCUT2D eigenvalue weighted by molar-refractivity contribution is 0.502. The van der Waals surface area contributed by atoms with Crippen LogP contribution in [0.1, 0.15) is 37.3 Å². The van der Waals surface area contributed by atoms with Crippen LogP contribution in [0.25, 0.3) is 0 Å². The first kappa shape index (κ1) is 17.5. The molecule has 1 heterocycles. The predicted octanol–water partition coefficient (Wildman–Crippen LogP) is 6.34. The number of benzene rings is 3. The molecule has 2 heteroatoms. The molecule has 3 aromatic rings. The van der Waals surface area contributed by atoms with Crippen LogP contribution in [0, 0.1) is 0 Å². The molecule has 1 unspecified atom stereocenters. The summed E-state index contributed by atoms with van der Waals surface area (Å²) in [4.78, 5) is 7.65. The number of nitrogens with zero attached hydrogens (tertiary/aromatic N) is 2. The zero-order chi connectivity index (χ0) is 18.7. The molecule has 136 valence electrons. The summed E-state index contributed by atoms with van der Waals surface area (Å²) in [7, 11) is 2.22. The molecule has 4 rings (SSSR count). The van der Waals surface area contributed by atoms with Gasteiger partial charge in [-0.1, -0.05) is 86.5 Å². The zero-order valence-electron chi connectivity index (χ0n) is 16.1. The van der Waals surface area contributed by atoms with Crippen LogP contribution in [0.2, 0.25) is 0 Å². The number of unbranched alkanes of at least 4 members (excludes halogenated alkanes) is 1. The van der Waals surface area contributed by atoms with Gasteiger partial charge in [-0.2, -0.15) is 0 Å². The van der Waals surface area contributed by atoms with Crippen molar-refractivity contribution in [2.24, 2.45) is 4.99 Å². The third kappa shape index (κ3) is 2.95. The molecule has 0 aliphatic carbocycles. The van der Waals surface area contributed by atoms with Crippen LogP contribution in [0.15, 0.2) is 89.9 Å². The summed E-state index contributed by atoms with van der Waals surface area (Å²) in [6, 6.07) is 29.9. The fourth-order valence-corrected chi connectivity index (χ4v) is 4.25. The van der Waals surface area contributed by atoms with Crippen LogP contribution >= 0.6 is 0 Å². The second-order valence-corrected chi connectivity index (χ2v) is 7.20. The Balaban J connectivity index is 1.98. The van der Waals surface area contributed by atoms with Gasteiger partial charge in [0.15, 0.2) is 0 Å². The van der Waals surface area contributed by atoms with Crippen LogP contribution in [0.4, 0.5) is 11.4 Å². The predicted molar refractivity (Wildman–Crippen MR) is 115 cm³/mol. The van der Waals surface area contributed by atoms with E-state index in [1.165, 1.54) is 16.8 Å². The Labute approximate surface area is 162 Å². The molecule has 0 aromatic heterocycles. The van der Waals surface area contributed by atoms with Crippen molar-refractivity contribution in [2.75, 3.05) is 11.9 Å². The third-order valence-electron chi connectivity index (χ3n) is 5.63. The Hall–Kier alpha value is -2.87. The van der Waals surface area contributed by atoms with Crippen LogP contribution < -0.4 is 4.90 Å². The summed E-state index contributed by atoms with van der Waals surface area (Å²) in [6.07, 6.45) is 3.36. The van der Waals surface area contributed by atoms with E-state index < -0.39 is 0 Å². The number of rotatable bonds is 5. The fourth-order valence-electron chi connectivity index (χ4n) is 4.25. The van der Waals surface area contributed by atoms with Gasteiger partial charge >= 0.3 is 0 Å². The van der Waals surface area contributed by atoms with Crippen molar-refractivity contribution in [3.05, 3.63) is 96.1 Å². The zero-order valence-corrected chi connectivity index (χ0v) is 16.1. The average Bonchev–Trinajstić information content (AvgIpc) is 2.97. The lowest BCUT2D eigenvalue weighted by Gasteiger charge is -2.39. The normalized spacial score (nSPS) is 20.1. The van der Waals surface area contributed by atoms with Crippen molar-refractivity contribution in [3.8, 4) is 0 Å². The van der Waals surface area contributed by atoms with Crippen molar-refractivity contribution in [1.82, 2.24) is 0 Å². The minimum atomic E-state index is -0.239. The van der Waals surface area contributed by atoms with E-state index in [1.54, 1.807) is 0 Å². The first-order valence-corrected chi connectivity index (χ1v) is 9.80. The molecule has 0 saturated carbocycles. The number of fused-ring (bicyclic) bond motifs is 1. The molecule has 3 aromatic carbocycles. The van der Waals surface area contributed by atoms with Gasteiger partial charge < -0.3 is 4.90 Å². The summed E-state index contributed by atoms with van der Waals surface area (Å²) < 4.78 is 0. The molecule has 1 aliphatic heterocycles. The van der Waals surface area contributed by atoms with Gasteiger partial charge in [0.1, 0.15) is 5.54 Å². The van der Waals surface area contributed by atoms with Gasteiger partial charge in [-0.15, -0.1) is 0 Å². The maximum absolute atomic E-state index is 5.21. The van der Waals surface area contributed by atoms with E-state index in [0.717, 1.165) is 30.7 Å². The van der Waals surface area contributed by atoms with E-state index in [0.29, 0.717) is 0 Å². The Morgan fingerprint density at radius 1 is 0.815 bits per heavy atom. The van der Waals surface area contributed by atoms with Gasteiger partial charge in [0.25, 0.3) is 0 Å². The molecule has 0 spiro atoms.